The largest absolute Gasteiger partial charge is 0.495 e. The van der Waals surface area contributed by atoms with Crippen molar-refractivity contribution in [1.82, 2.24) is 9.78 Å². The van der Waals surface area contributed by atoms with Crippen LogP contribution in [0.3, 0.4) is 0 Å². The van der Waals surface area contributed by atoms with Gasteiger partial charge in [0.05, 0.1) is 25.4 Å². The summed E-state index contributed by atoms with van der Waals surface area (Å²) < 4.78 is 8.18. The van der Waals surface area contributed by atoms with Gasteiger partial charge in [-0.05, 0) is 50.0 Å². The van der Waals surface area contributed by atoms with Crippen molar-refractivity contribution in [2.45, 2.75) is 45.3 Å². The summed E-state index contributed by atoms with van der Waals surface area (Å²) in [4.78, 5) is 1.61. The van der Waals surface area contributed by atoms with Crippen LogP contribution in [0, 0.1) is 3.95 Å². The number of hydrogen-bond donors (Lipinski definition) is 2. The van der Waals surface area contributed by atoms with Gasteiger partial charge in [0.2, 0.25) is 5.13 Å². The van der Waals surface area contributed by atoms with Crippen LogP contribution in [0.2, 0.25) is 0 Å². The Morgan fingerprint density at radius 3 is 3.04 bits per heavy atom. The molecule has 0 saturated carbocycles. The number of nitrogens with zero attached hydrogens (tertiary/aromatic N) is 2. The lowest BCUT2D eigenvalue weighted by Gasteiger charge is -2.31. The summed E-state index contributed by atoms with van der Waals surface area (Å²) in [5.41, 5.74) is 0.910. The topological polar surface area (TPSA) is 43.5 Å². The molecule has 1 aliphatic heterocycles. The van der Waals surface area contributed by atoms with Crippen molar-refractivity contribution < 1.29 is 9.64 Å². The van der Waals surface area contributed by atoms with Gasteiger partial charge in [0.25, 0.3) is 0 Å². The van der Waals surface area contributed by atoms with Crippen molar-refractivity contribution in [2.75, 3.05) is 19.0 Å². The normalized spacial score (nSPS) is 20.8. The van der Waals surface area contributed by atoms with E-state index in [2.05, 4.69) is 17.3 Å². The average molecular weight is 366 g/mol. The van der Waals surface area contributed by atoms with E-state index in [1.165, 1.54) is 43.6 Å². The third-order valence-corrected chi connectivity index (χ3v) is 5.90. The van der Waals surface area contributed by atoms with Gasteiger partial charge in [0.1, 0.15) is 5.75 Å². The summed E-state index contributed by atoms with van der Waals surface area (Å²) in [6.45, 7) is 4.36. The minimum absolute atomic E-state index is 0.730. The van der Waals surface area contributed by atoms with Crippen molar-refractivity contribution in [2.24, 2.45) is 0 Å². The maximum Gasteiger partial charge on any atom is 0.209 e. The number of methoxy groups -OCH3 is 1. The van der Waals surface area contributed by atoms with E-state index in [4.69, 9.17) is 17.0 Å². The Hall–Kier alpha value is -1.44. The molecule has 0 bridgehead atoms. The number of quaternary nitrogens is 1. The monoisotopic (exact) mass is 365 g/mol. The van der Waals surface area contributed by atoms with Crippen molar-refractivity contribution in [1.29, 1.82) is 0 Å². The molecule has 0 amide bonds. The molecular formula is C17H25N4OS2+. The molecule has 0 radical (unpaired) electrons. The van der Waals surface area contributed by atoms with Gasteiger partial charge in [0.15, 0.2) is 10.6 Å². The molecule has 1 aliphatic rings. The molecule has 24 heavy (non-hydrogen) atoms. The number of benzene rings is 1. The minimum Gasteiger partial charge on any atom is -0.495 e. The van der Waals surface area contributed by atoms with Crippen molar-refractivity contribution >= 4 is 34.4 Å². The molecule has 130 valence electrons. The van der Waals surface area contributed by atoms with Crippen LogP contribution in [0.1, 0.15) is 32.6 Å². The maximum absolute atomic E-state index is 5.53. The minimum atomic E-state index is 0.730. The SMILES string of the molecule is CC[C@H]1CCCC[NH+]1Cn1nc(Nc2ccccc2OC)sc1=S. The number of ether oxygens (including phenoxy) is 1. The summed E-state index contributed by atoms with van der Waals surface area (Å²) in [5, 5.41) is 8.83. The number of aromatic nitrogens is 2. The number of nitrogens with one attached hydrogen (secondary N) is 2. The molecule has 5 nitrogen and oxygen atoms in total. The van der Waals surface area contributed by atoms with Gasteiger partial charge in [-0.3, -0.25) is 0 Å². The third-order valence-electron chi connectivity index (χ3n) is 4.68. The predicted octanol–water partition coefficient (Wildman–Crippen LogP) is 3.23. The highest BCUT2D eigenvalue weighted by atomic mass is 32.1. The number of rotatable bonds is 6. The molecule has 2 aromatic rings. The molecule has 0 spiro atoms. The van der Waals surface area contributed by atoms with E-state index in [-0.39, 0.29) is 0 Å². The third kappa shape index (κ3) is 3.96. The zero-order chi connectivity index (χ0) is 16.9. The Labute approximate surface area is 152 Å². The van der Waals surface area contributed by atoms with Gasteiger partial charge in [-0.1, -0.05) is 30.4 Å². The van der Waals surface area contributed by atoms with E-state index >= 15 is 0 Å². The lowest BCUT2D eigenvalue weighted by molar-refractivity contribution is -0.953. The van der Waals surface area contributed by atoms with Gasteiger partial charge in [-0.25, -0.2) is 0 Å². The average Bonchev–Trinajstić information content (AvgIpc) is 2.95. The first-order chi connectivity index (χ1) is 11.7. The molecule has 1 aromatic heterocycles. The van der Waals surface area contributed by atoms with Crippen LogP contribution in [-0.4, -0.2) is 29.5 Å². The first-order valence-electron chi connectivity index (χ1n) is 8.53. The van der Waals surface area contributed by atoms with E-state index in [1.807, 2.05) is 28.9 Å². The smallest absolute Gasteiger partial charge is 0.209 e. The van der Waals surface area contributed by atoms with Gasteiger partial charge in [-0.15, -0.1) is 5.10 Å². The standard InChI is InChI=1S/C17H24N4OS2/c1-3-13-8-6-7-11-20(13)12-21-17(23)24-16(19-21)18-14-9-4-5-10-15(14)22-2/h4-5,9-10,13H,3,6-8,11-12H2,1-2H3,(H,18,19)/p+1/t13-/m0/s1. The van der Waals surface area contributed by atoms with E-state index < -0.39 is 0 Å². The molecule has 2 heterocycles. The fourth-order valence-electron chi connectivity index (χ4n) is 3.36. The summed E-state index contributed by atoms with van der Waals surface area (Å²) in [7, 11) is 1.67. The molecule has 1 fully saturated rings. The first-order valence-corrected chi connectivity index (χ1v) is 9.76. The number of piperidine rings is 1. The van der Waals surface area contributed by atoms with Crippen LogP contribution in [0.4, 0.5) is 10.8 Å². The number of hydrogen-bond acceptors (Lipinski definition) is 5. The Kier molecular flexibility index (Phi) is 5.86. The zero-order valence-electron chi connectivity index (χ0n) is 14.2. The van der Waals surface area contributed by atoms with Crippen LogP contribution in [-0.2, 0) is 6.67 Å². The molecule has 0 aliphatic carbocycles. The molecule has 1 saturated heterocycles. The Morgan fingerprint density at radius 1 is 1.42 bits per heavy atom. The quantitative estimate of drug-likeness (QED) is 0.772. The lowest BCUT2D eigenvalue weighted by Crippen LogP contribution is -3.15. The summed E-state index contributed by atoms with van der Waals surface area (Å²) in [6.07, 6.45) is 5.19. The van der Waals surface area contributed by atoms with Crippen molar-refractivity contribution in [3.63, 3.8) is 0 Å². The Morgan fingerprint density at radius 2 is 2.25 bits per heavy atom. The zero-order valence-corrected chi connectivity index (χ0v) is 15.9. The van der Waals surface area contributed by atoms with Crippen LogP contribution < -0.4 is 15.0 Å². The second-order valence-corrected chi connectivity index (χ2v) is 7.79. The number of para-hydroxylation sites is 2. The fourth-order valence-corrected chi connectivity index (χ4v) is 4.38. The van der Waals surface area contributed by atoms with Crippen LogP contribution in [0.25, 0.3) is 0 Å². The van der Waals surface area contributed by atoms with Gasteiger partial charge >= 0.3 is 0 Å². The molecule has 1 aromatic carbocycles. The number of anilines is 2. The molecule has 7 heteroatoms. The van der Waals surface area contributed by atoms with E-state index in [9.17, 15) is 0 Å². The lowest BCUT2D eigenvalue weighted by atomic mass is 10.0. The predicted molar refractivity (Wildman–Crippen MR) is 101 cm³/mol. The Bertz CT molecular complexity index is 727. The van der Waals surface area contributed by atoms with Gasteiger partial charge in [0, 0.05) is 0 Å². The molecule has 2 atom stereocenters. The summed E-state index contributed by atoms with van der Waals surface area (Å²) in [6, 6.07) is 8.58. The maximum atomic E-state index is 5.53. The molecule has 1 unspecified atom stereocenters. The van der Waals surface area contributed by atoms with Gasteiger partial charge < -0.3 is 15.0 Å². The second kappa shape index (κ2) is 8.09. The van der Waals surface area contributed by atoms with Crippen LogP contribution in [0.15, 0.2) is 24.3 Å². The van der Waals surface area contributed by atoms with Crippen LogP contribution in [0.5, 0.6) is 5.75 Å². The highest BCUT2D eigenvalue weighted by Crippen LogP contribution is 2.28. The highest BCUT2D eigenvalue weighted by Gasteiger charge is 2.25. The van der Waals surface area contributed by atoms with E-state index in [0.717, 1.165) is 33.2 Å². The molecule has 2 N–H and O–H groups in total. The Balaban J connectivity index is 1.74. The fraction of sp³-hybridized carbons (Fsp3) is 0.529. The van der Waals surface area contributed by atoms with E-state index in [0.29, 0.717) is 0 Å². The molecule has 3 rings (SSSR count). The second-order valence-electron chi connectivity index (χ2n) is 6.17. The van der Waals surface area contributed by atoms with E-state index in [1.54, 1.807) is 12.0 Å². The summed E-state index contributed by atoms with van der Waals surface area (Å²) in [5.74, 6) is 0.804. The summed E-state index contributed by atoms with van der Waals surface area (Å²) >= 11 is 7.04. The molecular weight excluding hydrogens is 340 g/mol. The number of likely N-dealkylation sites (tertiary alicyclic amines) is 1. The first kappa shape index (κ1) is 17.4. The van der Waals surface area contributed by atoms with Crippen molar-refractivity contribution in [3.05, 3.63) is 28.2 Å². The van der Waals surface area contributed by atoms with Crippen molar-refractivity contribution in [3.8, 4) is 5.75 Å². The van der Waals surface area contributed by atoms with Gasteiger partial charge in [-0.2, -0.15) is 4.68 Å². The highest BCUT2D eigenvalue weighted by molar-refractivity contribution is 7.73. The van der Waals surface area contributed by atoms with Crippen LogP contribution >= 0.6 is 23.6 Å².